The predicted octanol–water partition coefficient (Wildman–Crippen LogP) is 5.73. The van der Waals surface area contributed by atoms with Crippen LogP contribution in [-0.4, -0.2) is 47.3 Å². The molecule has 40 heavy (non-hydrogen) atoms. The second-order valence-corrected chi connectivity index (χ2v) is 10.7. The molecule has 1 aromatic heterocycles. The SMILES string of the molecule is COC(=O)N1CCC2(CC1)C[C@H](Oc1ccccc1CC(=O)O)c1cc(-c3ccc4ccnc(N)c4c3)ccc12. The van der Waals surface area contributed by atoms with Crippen molar-refractivity contribution in [1.82, 2.24) is 9.88 Å². The fourth-order valence-electron chi connectivity index (χ4n) is 6.34. The number of aliphatic carboxylic acids is 1. The number of likely N-dealkylation sites (tertiary alicyclic amines) is 1. The largest absolute Gasteiger partial charge is 0.485 e. The monoisotopic (exact) mass is 537 g/mol. The summed E-state index contributed by atoms with van der Waals surface area (Å²) in [6, 6.07) is 22.0. The molecule has 3 aromatic carbocycles. The summed E-state index contributed by atoms with van der Waals surface area (Å²) in [6.45, 7) is 1.21. The first kappa shape index (κ1) is 25.7. The topological polar surface area (TPSA) is 115 Å². The number of anilines is 1. The predicted molar refractivity (Wildman–Crippen MR) is 152 cm³/mol. The van der Waals surface area contributed by atoms with Crippen molar-refractivity contribution in [2.75, 3.05) is 25.9 Å². The standard InChI is InChI=1S/C32H31N3O5/c1-39-31(38)35-14-11-32(12-15-35)19-28(40-27-5-3-2-4-23(27)18-29(36)37)25-17-22(8-9-26(25)32)21-7-6-20-10-13-34-30(33)24(20)16-21/h2-10,13,16-17,28H,11-12,14-15,18-19H2,1H3,(H2,33,34)(H,36,37)/t28-/m0/s1. The lowest BCUT2D eigenvalue weighted by atomic mass is 9.73. The molecule has 1 spiro atoms. The summed E-state index contributed by atoms with van der Waals surface area (Å²) in [7, 11) is 1.41. The van der Waals surface area contributed by atoms with Gasteiger partial charge in [0.2, 0.25) is 0 Å². The smallest absolute Gasteiger partial charge is 0.409 e. The van der Waals surface area contributed by atoms with Gasteiger partial charge in [0.05, 0.1) is 13.5 Å². The Morgan fingerprint density at radius 1 is 1.05 bits per heavy atom. The highest BCUT2D eigenvalue weighted by molar-refractivity contribution is 5.94. The molecule has 8 nitrogen and oxygen atoms in total. The average Bonchev–Trinajstić information content (AvgIpc) is 3.25. The van der Waals surface area contributed by atoms with E-state index >= 15 is 0 Å². The lowest BCUT2D eigenvalue weighted by molar-refractivity contribution is -0.136. The molecule has 204 valence electrons. The number of fused-ring (bicyclic) bond motifs is 3. The Bertz CT molecular complexity index is 1610. The second-order valence-electron chi connectivity index (χ2n) is 10.7. The number of carbonyl (C=O) groups excluding carboxylic acids is 1. The van der Waals surface area contributed by atoms with E-state index in [4.69, 9.17) is 15.2 Å². The van der Waals surface area contributed by atoms with Crippen LogP contribution in [0.5, 0.6) is 5.75 Å². The molecule has 1 aliphatic carbocycles. The van der Waals surface area contributed by atoms with Crippen LogP contribution in [0.15, 0.2) is 72.9 Å². The number of hydrogen-bond donors (Lipinski definition) is 2. The van der Waals surface area contributed by atoms with E-state index in [9.17, 15) is 14.7 Å². The zero-order valence-corrected chi connectivity index (χ0v) is 22.3. The zero-order valence-electron chi connectivity index (χ0n) is 22.3. The molecule has 6 rings (SSSR count). The van der Waals surface area contributed by atoms with E-state index < -0.39 is 5.97 Å². The average molecular weight is 538 g/mol. The van der Waals surface area contributed by atoms with Crippen molar-refractivity contribution in [3.63, 3.8) is 0 Å². The summed E-state index contributed by atoms with van der Waals surface area (Å²) in [5, 5.41) is 11.4. The number of para-hydroxylation sites is 1. The van der Waals surface area contributed by atoms with Gasteiger partial charge in [0.1, 0.15) is 17.7 Å². The number of nitrogen functional groups attached to an aromatic ring is 1. The van der Waals surface area contributed by atoms with Crippen LogP contribution in [0, 0.1) is 0 Å². The van der Waals surface area contributed by atoms with Crippen molar-refractivity contribution in [2.45, 2.75) is 37.2 Å². The third-order valence-electron chi connectivity index (χ3n) is 8.41. The van der Waals surface area contributed by atoms with Gasteiger partial charge in [0, 0.05) is 35.7 Å². The molecule has 0 saturated carbocycles. The Balaban J connectivity index is 1.40. The Morgan fingerprint density at radius 2 is 1.80 bits per heavy atom. The number of carboxylic acids is 1. The molecule has 1 fully saturated rings. The number of amides is 1. The summed E-state index contributed by atoms with van der Waals surface area (Å²) >= 11 is 0. The highest BCUT2D eigenvalue weighted by Gasteiger charge is 2.47. The summed E-state index contributed by atoms with van der Waals surface area (Å²) in [4.78, 5) is 29.7. The summed E-state index contributed by atoms with van der Waals surface area (Å²) in [6.07, 6.45) is 3.37. The van der Waals surface area contributed by atoms with E-state index in [1.165, 1.54) is 12.7 Å². The van der Waals surface area contributed by atoms with Crippen molar-refractivity contribution in [1.29, 1.82) is 0 Å². The van der Waals surface area contributed by atoms with Crippen LogP contribution in [0.2, 0.25) is 0 Å². The van der Waals surface area contributed by atoms with Crippen LogP contribution in [0.4, 0.5) is 10.6 Å². The molecule has 3 N–H and O–H groups in total. The summed E-state index contributed by atoms with van der Waals surface area (Å²) < 4.78 is 11.6. The first-order valence-electron chi connectivity index (χ1n) is 13.5. The summed E-state index contributed by atoms with van der Waals surface area (Å²) in [5.74, 6) is 0.176. The van der Waals surface area contributed by atoms with Gasteiger partial charge in [-0.25, -0.2) is 9.78 Å². The van der Waals surface area contributed by atoms with Crippen LogP contribution < -0.4 is 10.5 Å². The molecule has 1 saturated heterocycles. The van der Waals surface area contributed by atoms with Gasteiger partial charge in [-0.05, 0) is 71.2 Å². The highest BCUT2D eigenvalue weighted by Crippen LogP contribution is 2.53. The van der Waals surface area contributed by atoms with Gasteiger partial charge in [-0.1, -0.05) is 42.5 Å². The zero-order chi connectivity index (χ0) is 27.9. The quantitative estimate of drug-likeness (QED) is 0.334. The second kappa shape index (κ2) is 10.2. The van der Waals surface area contributed by atoms with Gasteiger partial charge < -0.3 is 25.2 Å². The first-order chi connectivity index (χ1) is 19.4. The minimum Gasteiger partial charge on any atom is -0.485 e. The third kappa shape index (κ3) is 4.59. The Kier molecular flexibility index (Phi) is 6.54. The van der Waals surface area contributed by atoms with Crippen molar-refractivity contribution < 1.29 is 24.2 Å². The van der Waals surface area contributed by atoms with Crippen LogP contribution in [0.25, 0.3) is 21.9 Å². The van der Waals surface area contributed by atoms with Crippen molar-refractivity contribution in [2.24, 2.45) is 0 Å². The number of aromatic nitrogens is 1. The Morgan fingerprint density at radius 3 is 2.58 bits per heavy atom. The number of carboxylic acid groups (broad SMARTS) is 1. The number of nitrogens with two attached hydrogens (primary N) is 1. The van der Waals surface area contributed by atoms with E-state index in [0.717, 1.165) is 46.7 Å². The summed E-state index contributed by atoms with van der Waals surface area (Å²) in [5.41, 5.74) is 11.1. The Hall–Kier alpha value is -4.59. The van der Waals surface area contributed by atoms with E-state index in [-0.39, 0.29) is 24.0 Å². The fourth-order valence-corrected chi connectivity index (χ4v) is 6.34. The van der Waals surface area contributed by atoms with E-state index in [2.05, 4.69) is 41.4 Å². The molecular weight excluding hydrogens is 506 g/mol. The number of ether oxygens (including phenoxy) is 2. The molecule has 1 atom stereocenters. The molecule has 1 amide bonds. The van der Waals surface area contributed by atoms with Crippen LogP contribution in [0.1, 0.15) is 42.1 Å². The van der Waals surface area contributed by atoms with Crippen LogP contribution in [0.3, 0.4) is 0 Å². The molecule has 0 unspecified atom stereocenters. The molecule has 2 aliphatic rings. The molecule has 0 bridgehead atoms. The highest BCUT2D eigenvalue weighted by atomic mass is 16.5. The third-order valence-corrected chi connectivity index (χ3v) is 8.41. The molecule has 8 heteroatoms. The van der Waals surface area contributed by atoms with Crippen LogP contribution >= 0.6 is 0 Å². The van der Waals surface area contributed by atoms with E-state index in [1.807, 2.05) is 24.3 Å². The van der Waals surface area contributed by atoms with Crippen molar-refractivity contribution >= 4 is 28.7 Å². The number of piperidine rings is 1. The van der Waals surface area contributed by atoms with Crippen LogP contribution in [-0.2, 0) is 21.4 Å². The van der Waals surface area contributed by atoms with E-state index in [0.29, 0.717) is 30.2 Å². The maximum absolute atomic E-state index is 12.2. The minimum absolute atomic E-state index is 0.110. The Labute approximate surface area is 232 Å². The molecule has 0 radical (unpaired) electrons. The van der Waals surface area contributed by atoms with Gasteiger partial charge in [0.25, 0.3) is 0 Å². The molecule has 2 heterocycles. The van der Waals surface area contributed by atoms with Gasteiger partial charge >= 0.3 is 12.1 Å². The first-order valence-corrected chi connectivity index (χ1v) is 13.5. The number of pyridine rings is 1. The lowest BCUT2D eigenvalue weighted by Crippen LogP contribution is -2.44. The van der Waals surface area contributed by atoms with E-state index in [1.54, 1.807) is 17.2 Å². The number of carbonyl (C=O) groups is 2. The number of nitrogens with zero attached hydrogens (tertiary/aromatic N) is 2. The molecular formula is C32H31N3O5. The lowest BCUT2D eigenvalue weighted by Gasteiger charge is -2.39. The number of benzene rings is 3. The normalized spacial score (nSPS) is 17.5. The number of methoxy groups -OCH3 is 1. The van der Waals surface area contributed by atoms with Gasteiger partial charge in [-0.15, -0.1) is 0 Å². The van der Waals surface area contributed by atoms with Crippen molar-refractivity contribution in [3.8, 4) is 16.9 Å². The minimum atomic E-state index is -0.901. The molecule has 1 aliphatic heterocycles. The number of rotatable bonds is 5. The molecule has 4 aromatic rings. The number of hydrogen-bond acceptors (Lipinski definition) is 6. The van der Waals surface area contributed by atoms with Crippen molar-refractivity contribution in [3.05, 3.63) is 89.6 Å². The maximum atomic E-state index is 12.2. The van der Waals surface area contributed by atoms with Gasteiger partial charge in [-0.3, -0.25) is 4.79 Å². The fraction of sp³-hybridized carbons (Fsp3) is 0.281. The maximum Gasteiger partial charge on any atom is 0.409 e. The van der Waals surface area contributed by atoms with Gasteiger partial charge in [-0.2, -0.15) is 0 Å². The van der Waals surface area contributed by atoms with Gasteiger partial charge in [0.15, 0.2) is 0 Å².